The zero-order chi connectivity index (χ0) is 20.0. The van der Waals surface area contributed by atoms with Gasteiger partial charge >= 0.3 is 12.1 Å². The highest BCUT2D eigenvalue weighted by molar-refractivity contribution is 5.94. The second-order valence-electron chi connectivity index (χ2n) is 9.50. The molecule has 0 spiro atoms. The Balaban J connectivity index is 1.14. The molecule has 0 aliphatic heterocycles. The van der Waals surface area contributed by atoms with Gasteiger partial charge in [-0.1, -0.05) is 31.7 Å². The number of anilines is 2. The highest BCUT2D eigenvalue weighted by Crippen LogP contribution is 2.50. The third-order valence-corrected chi connectivity index (χ3v) is 7.65. The summed E-state index contributed by atoms with van der Waals surface area (Å²) >= 11 is 0. The molecule has 0 saturated heterocycles. The van der Waals surface area contributed by atoms with Gasteiger partial charge in [0.25, 0.3) is 0 Å². The van der Waals surface area contributed by atoms with Crippen LogP contribution in [0.5, 0.6) is 0 Å². The fraction of sp³-hybridized carbons (Fsp3) is 0.652. The van der Waals surface area contributed by atoms with Crippen molar-refractivity contribution in [1.29, 1.82) is 0 Å². The fourth-order valence-electron chi connectivity index (χ4n) is 5.88. The zero-order valence-electron chi connectivity index (χ0n) is 17.2. The highest BCUT2D eigenvalue weighted by Gasteiger charge is 2.52. The summed E-state index contributed by atoms with van der Waals surface area (Å²) < 4.78 is 0. The molecule has 0 radical (unpaired) electrons. The van der Waals surface area contributed by atoms with Gasteiger partial charge in [0.15, 0.2) is 0 Å². The van der Waals surface area contributed by atoms with Gasteiger partial charge in [0.2, 0.25) is 0 Å². The molecule has 156 valence electrons. The molecule has 5 atom stereocenters. The van der Waals surface area contributed by atoms with Crippen LogP contribution in [0.25, 0.3) is 0 Å². The minimum absolute atomic E-state index is 0.142. The Labute approximate surface area is 172 Å². The number of carbonyl (C=O) groups is 2. The van der Waals surface area contributed by atoms with Gasteiger partial charge in [-0.3, -0.25) is 0 Å². The summed E-state index contributed by atoms with van der Waals surface area (Å²) in [6, 6.07) is 6.04. The molecule has 0 heterocycles. The van der Waals surface area contributed by atoms with Crippen LogP contribution < -0.4 is 21.3 Å². The topological polar surface area (TPSA) is 82.3 Å². The van der Waals surface area contributed by atoms with E-state index < -0.39 is 0 Å². The van der Waals surface area contributed by atoms with Crippen LogP contribution in [-0.4, -0.2) is 24.1 Å². The quantitative estimate of drug-likeness (QED) is 0.599. The van der Waals surface area contributed by atoms with Gasteiger partial charge in [0, 0.05) is 23.5 Å². The lowest BCUT2D eigenvalue weighted by Gasteiger charge is -2.13. The van der Waals surface area contributed by atoms with Gasteiger partial charge in [-0.05, 0) is 74.0 Å². The molecule has 1 aromatic rings. The van der Waals surface area contributed by atoms with Crippen molar-refractivity contribution in [3.05, 3.63) is 23.8 Å². The maximum absolute atomic E-state index is 12.5. The summed E-state index contributed by atoms with van der Waals surface area (Å²) in [6.45, 7) is 1.96. The molecule has 1 unspecified atom stereocenters. The van der Waals surface area contributed by atoms with Crippen LogP contribution >= 0.6 is 0 Å². The number of aryl methyl sites for hydroxylation is 1. The van der Waals surface area contributed by atoms with Gasteiger partial charge in [-0.25, -0.2) is 9.59 Å². The van der Waals surface area contributed by atoms with Crippen molar-refractivity contribution in [2.45, 2.75) is 70.4 Å². The molecule has 4 N–H and O–H groups in total. The normalized spacial score (nSPS) is 34.2. The van der Waals surface area contributed by atoms with Crippen LogP contribution in [0.4, 0.5) is 21.0 Å². The SMILES string of the molecule is Cc1ccc(NC(=O)NC2[C@@H]3CCCC[C@@H]23)cc1NC(=O)NC1[C@H]2CCCC[C@@H]12. The van der Waals surface area contributed by atoms with Crippen LogP contribution in [0.2, 0.25) is 0 Å². The van der Waals surface area contributed by atoms with Gasteiger partial charge < -0.3 is 21.3 Å². The van der Waals surface area contributed by atoms with Crippen LogP contribution in [0, 0.1) is 30.6 Å². The molecule has 4 saturated carbocycles. The number of amides is 4. The van der Waals surface area contributed by atoms with Crippen molar-refractivity contribution in [3.8, 4) is 0 Å². The summed E-state index contributed by atoms with van der Waals surface area (Å²) in [5.74, 6) is 2.72. The molecule has 29 heavy (non-hydrogen) atoms. The maximum Gasteiger partial charge on any atom is 0.319 e. The molecule has 0 aromatic heterocycles. The van der Waals surface area contributed by atoms with E-state index in [-0.39, 0.29) is 12.1 Å². The van der Waals surface area contributed by atoms with Crippen LogP contribution in [0.15, 0.2) is 18.2 Å². The smallest absolute Gasteiger partial charge is 0.319 e. The van der Waals surface area contributed by atoms with Crippen molar-refractivity contribution in [2.24, 2.45) is 23.7 Å². The highest BCUT2D eigenvalue weighted by atomic mass is 16.2. The van der Waals surface area contributed by atoms with Crippen LogP contribution in [-0.2, 0) is 0 Å². The van der Waals surface area contributed by atoms with E-state index in [4.69, 9.17) is 0 Å². The lowest BCUT2D eigenvalue weighted by molar-refractivity contribution is 0.250. The largest absolute Gasteiger partial charge is 0.335 e. The first-order chi connectivity index (χ1) is 14.1. The van der Waals surface area contributed by atoms with Gasteiger partial charge in [0.1, 0.15) is 0 Å². The predicted molar refractivity (Wildman–Crippen MR) is 114 cm³/mol. The first-order valence-corrected chi connectivity index (χ1v) is 11.4. The molecular formula is C23H32N4O2. The molecule has 4 aliphatic carbocycles. The summed E-state index contributed by atoms with van der Waals surface area (Å²) in [7, 11) is 0. The van der Waals surface area contributed by atoms with E-state index in [0.717, 1.165) is 11.3 Å². The third-order valence-electron chi connectivity index (χ3n) is 7.65. The Kier molecular flexibility index (Phi) is 4.88. The summed E-state index contributed by atoms with van der Waals surface area (Å²) in [4.78, 5) is 24.9. The summed E-state index contributed by atoms with van der Waals surface area (Å²) in [6.07, 6.45) is 10.1. The number of urea groups is 2. The second-order valence-corrected chi connectivity index (χ2v) is 9.50. The van der Waals surface area contributed by atoms with E-state index in [1.54, 1.807) is 0 Å². The third kappa shape index (κ3) is 3.94. The number of nitrogens with one attached hydrogen (secondary N) is 4. The summed E-state index contributed by atoms with van der Waals surface area (Å²) in [5.41, 5.74) is 2.42. The first-order valence-electron chi connectivity index (χ1n) is 11.4. The Morgan fingerprint density at radius 1 is 0.759 bits per heavy atom. The minimum atomic E-state index is -0.147. The van der Waals surface area contributed by atoms with E-state index in [0.29, 0.717) is 41.4 Å². The molecule has 5 rings (SSSR count). The van der Waals surface area contributed by atoms with Gasteiger partial charge in [-0.2, -0.15) is 0 Å². The monoisotopic (exact) mass is 396 g/mol. The average molecular weight is 397 g/mol. The number of hydrogen-bond acceptors (Lipinski definition) is 2. The number of hydrogen-bond donors (Lipinski definition) is 4. The predicted octanol–water partition coefficient (Wildman–Crippen LogP) is 4.62. The van der Waals surface area contributed by atoms with E-state index >= 15 is 0 Å². The second kappa shape index (κ2) is 7.54. The number of carbonyl (C=O) groups excluding carboxylic acids is 2. The Hall–Kier alpha value is -2.24. The van der Waals surface area contributed by atoms with Crippen molar-refractivity contribution in [3.63, 3.8) is 0 Å². The standard InChI is InChI=1S/C23H32N4O2/c1-13-10-11-14(24-22(28)26-20-15-6-2-3-7-16(15)20)12-19(13)25-23(29)27-21-17-8-4-5-9-18(17)21/h10-12,15-18,20-21H,2-9H2,1H3,(H2,24,26,28)(H2,25,27,29)/t15-,16-,17-,18+,21?/m1/s1. The molecule has 1 aromatic carbocycles. The lowest BCUT2D eigenvalue weighted by atomic mass is 10.0. The van der Waals surface area contributed by atoms with E-state index in [1.165, 1.54) is 51.4 Å². The van der Waals surface area contributed by atoms with Crippen molar-refractivity contribution < 1.29 is 9.59 Å². The summed E-state index contributed by atoms with van der Waals surface area (Å²) in [5, 5.41) is 12.2. The van der Waals surface area contributed by atoms with Crippen molar-refractivity contribution in [2.75, 3.05) is 10.6 Å². The number of rotatable bonds is 4. The fourth-order valence-corrected chi connectivity index (χ4v) is 5.88. The molecule has 4 aliphatic rings. The number of fused-ring (bicyclic) bond motifs is 2. The van der Waals surface area contributed by atoms with E-state index in [1.807, 2.05) is 25.1 Å². The Morgan fingerprint density at radius 2 is 1.24 bits per heavy atom. The molecule has 6 heteroatoms. The zero-order valence-corrected chi connectivity index (χ0v) is 17.2. The maximum atomic E-state index is 12.5. The molecular weight excluding hydrogens is 364 g/mol. The van der Waals surface area contributed by atoms with Crippen molar-refractivity contribution >= 4 is 23.4 Å². The average Bonchev–Trinajstić information content (AvgIpc) is 3.60. The molecule has 4 fully saturated rings. The molecule has 0 bridgehead atoms. The molecule has 6 nitrogen and oxygen atoms in total. The van der Waals surface area contributed by atoms with Crippen molar-refractivity contribution in [1.82, 2.24) is 10.6 Å². The molecule has 4 amide bonds. The van der Waals surface area contributed by atoms with Crippen LogP contribution in [0.3, 0.4) is 0 Å². The van der Waals surface area contributed by atoms with E-state index in [9.17, 15) is 9.59 Å². The van der Waals surface area contributed by atoms with Gasteiger partial charge in [0.05, 0.1) is 0 Å². The van der Waals surface area contributed by atoms with Crippen LogP contribution in [0.1, 0.15) is 56.9 Å². The van der Waals surface area contributed by atoms with Gasteiger partial charge in [-0.15, -0.1) is 0 Å². The Morgan fingerprint density at radius 3 is 1.76 bits per heavy atom. The van der Waals surface area contributed by atoms with E-state index in [2.05, 4.69) is 21.3 Å². The Bertz CT molecular complexity index is 786. The first kappa shape index (κ1) is 18.8. The lowest BCUT2D eigenvalue weighted by Crippen LogP contribution is -2.33. The minimum Gasteiger partial charge on any atom is -0.335 e. The number of benzene rings is 1.